The normalized spacial score (nSPS) is 24.1. The summed E-state index contributed by atoms with van der Waals surface area (Å²) in [6.07, 6.45) is 6.67. The fourth-order valence-electron chi connectivity index (χ4n) is 4.14. The molecule has 0 unspecified atom stereocenters. The van der Waals surface area contributed by atoms with Gasteiger partial charge < -0.3 is 10.4 Å². The number of aryl methyl sites for hydroxylation is 1. The van der Waals surface area contributed by atoms with Gasteiger partial charge in [0, 0.05) is 11.6 Å². The lowest BCUT2D eigenvalue weighted by Crippen LogP contribution is -2.29. The second kappa shape index (κ2) is 5.82. The number of carboxylic acid groups (broad SMARTS) is 1. The van der Waals surface area contributed by atoms with Gasteiger partial charge >= 0.3 is 5.97 Å². The molecule has 3 heteroatoms. The molecule has 24 heavy (non-hydrogen) atoms. The number of fused-ring (bicyclic) bond motifs is 3. The first kappa shape index (κ1) is 15.0. The minimum atomic E-state index is -0.878. The quantitative estimate of drug-likeness (QED) is 0.801. The highest BCUT2D eigenvalue weighted by Gasteiger charge is 2.38. The summed E-state index contributed by atoms with van der Waals surface area (Å²) in [5, 5.41) is 12.9. The van der Waals surface area contributed by atoms with Gasteiger partial charge in [0.1, 0.15) is 0 Å². The second-order valence-corrected chi connectivity index (χ2v) is 6.64. The van der Waals surface area contributed by atoms with Crippen molar-refractivity contribution in [2.75, 3.05) is 5.32 Å². The highest BCUT2D eigenvalue weighted by Crippen LogP contribution is 2.50. The van der Waals surface area contributed by atoms with Crippen molar-refractivity contribution < 1.29 is 9.90 Å². The number of carboxylic acids is 1. The van der Waals surface area contributed by atoms with Crippen LogP contribution < -0.4 is 5.32 Å². The van der Waals surface area contributed by atoms with Crippen LogP contribution in [-0.2, 0) is 6.42 Å². The molecular weight excluding hydrogens is 298 g/mol. The molecule has 0 fully saturated rings. The molecule has 1 heterocycles. The number of hydrogen-bond acceptors (Lipinski definition) is 2. The Morgan fingerprint density at radius 2 is 2.00 bits per heavy atom. The van der Waals surface area contributed by atoms with E-state index in [1.165, 1.54) is 16.8 Å². The average molecular weight is 319 g/mol. The van der Waals surface area contributed by atoms with Crippen LogP contribution in [0.4, 0.5) is 5.69 Å². The SMILES string of the molecule is CCc1cccc2c1N[C@@H](c1ccc(C(=O)O)cc1)[C@H]1CC=C[C@@H]21. The van der Waals surface area contributed by atoms with E-state index in [-0.39, 0.29) is 6.04 Å². The highest BCUT2D eigenvalue weighted by molar-refractivity contribution is 5.87. The topological polar surface area (TPSA) is 49.3 Å². The fourth-order valence-corrected chi connectivity index (χ4v) is 4.14. The first-order chi connectivity index (χ1) is 11.7. The molecule has 0 bridgehead atoms. The summed E-state index contributed by atoms with van der Waals surface area (Å²) in [6, 6.07) is 14.1. The Balaban J connectivity index is 1.76. The zero-order valence-electron chi connectivity index (χ0n) is 13.7. The Morgan fingerprint density at radius 3 is 2.71 bits per heavy atom. The lowest BCUT2D eigenvalue weighted by atomic mass is 9.76. The van der Waals surface area contributed by atoms with Gasteiger partial charge in [-0.1, -0.05) is 49.4 Å². The number of rotatable bonds is 3. The number of allylic oxidation sites excluding steroid dienone is 2. The Kier molecular flexibility index (Phi) is 3.64. The van der Waals surface area contributed by atoms with Crippen molar-refractivity contribution in [3.05, 3.63) is 76.9 Å². The van der Waals surface area contributed by atoms with Gasteiger partial charge in [-0.25, -0.2) is 4.79 Å². The summed E-state index contributed by atoms with van der Waals surface area (Å²) in [5.41, 5.74) is 5.51. The fraction of sp³-hybridized carbons (Fsp3) is 0.286. The molecule has 2 aliphatic rings. The standard InChI is InChI=1S/C21H21NO2/c1-2-13-5-3-7-17-16-6-4-8-18(16)20(22-19(13)17)14-9-11-15(12-10-14)21(23)24/h3-7,9-12,16,18,20,22H,2,8H2,1H3,(H,23,24)/t16-,18-,20-/m0/s1. The molecule has 0 saturated carbocycles. The third-order valence-corrected chi connectivity index (χ3v) is 5.38. The summed E-state index contributed by atoms with van der Waals surface area (Å²) >= 11 is 0. The number of nitrogens with one attached hydrogen (secondary N) is 1. The molecule has 3 atom stereocenters. The van der Waals surface area contributed by atoms with E-state index in [1.807, 2.05) is 12.1 Å². The van der Waals surface area contributed by atoms with Gasteiger partial charge in [0.25, 0.3) is 0 Å². The summed E-state index contributed by atoms with van der Waals surface area (Å²) < 4.78 is 0. The smallest absolute Gasteiger partial charge is 0.335 e. The van der Waals surface area contributed by atoms with E-state index < -0.39 is 5.97 Å². The average Bonchev–Trinajstić information content (AvgIpc) is 3.10. The summed E-state index contributed by atoms with van der Waals surface area (Å²) in [5.74, 6) is 0.0503. The molecule has 1 aliphatic carbocycles. The van der Waals surface area contributed by atoms with Crippen molar-refractivity contribution in [3.8, 4) is 0 Å². The van der Waals surface area contributed by atoms with Crippen molar-refractivity contribution in [1.29, 1.82) is 0 Å². The van der Waals surface area contributed by atoms with Crippen LogP contribution in [0.2, 0.25) is 0 Å². The van der Waals surface area contributed by atoms with E-state index in [0.717, 1.165) is 18.4 Å². The minimum Gasteiger partial charge on any atom is -0.478 e. The maximum atomic E-state index is 11.1. The maximum Gasteiger partial charge on any atom is 0.335 e. The van der Waals surface area contributed by atoms with Crippen LogP contribution in [0.5, 0.6) is 0 Å². The molecule has 2 aromatic carbocycles. The lowest BCUT2D eigenvalue weighted by Gasteiger charge is -2.38. The zero-order chi connectivity index (χ0) is 16.7. The molecule has 2 aromatic rings. The van der Waals surface area contributed by atoms with Crippen molar-refractivity contribution in [2.24, 2.45) is 5.92 Å². The van der Waals surface area contributed by atoms with E-state index in [4.69, 9.17) is 5.11 Å². The third kappa shape index (κ3) is 2.32. The number of aromatic carboxylic acids is 1. The molecule has 122 valence electrons. The maximum absolute atomic E-state index is 11.1. The van der Waals surface area contributed by atoms with Crippen LogP contribution in [0.15, 0.2) is 54.6 Å². The highest BCUT2D eigenvalue weighted by atomic mass is 16.4. The first-order valence-corrected chi connectivity index (χ1v) is 8.57. The second-order valence-electron chi connectivity index (χ2n) is 6.64. The van der Waals surface area contributed by atoms with Gasteiger partial charge in [-0.3, -0.25) is 0 Å². The van der Waals surface area contributed by atoms with E-state index in [2.05, 4.69) is 42.6 Å². The van der Waals surface area contributed by atoms with Crippen LogP contribution in [0.3, 0.4) is 0 Å². The van der Waals surface area contributed by atoms with Gasteiger partial charge in [0.2, 0.25) is 0 Å². The Labute approximate surface area is 142 Å². The molecule has 3 nitrogen and oxygen atoms in total. The van der Waals surface area contributed by atoms with E-state index in [0.29, 0.717) is 17.4 Å². The predicted octanol–water partition coefficient (Wildman–Crippen LogP) is 4.77. The number of para-hydroxylation sites is 1. The molecule has 4 rings (SSSR count). The molecule has 0 amide bonds. The number of anilines is 1. The molecule has 2 N–H and O–H groups in total. The Morgan fingerprint density at radius 1 is 1.21 bits per heavy atom. The van der Waals surface area contributed by atoms with Gasteiger partial charge in [-0.15, -0.1) is 0 Å². The van der Waals surface area contributed by atoms with Crippen LogP contribution in [0.1, 0.15) is 52.4 Å². The van der Waals surface area contributed by atoms with Gasteiger partial charge in [0.05, 0.1) is 11.6 Å². The number of carbonyl (C=O) groups is 1. The van der Waals surface area contributed by atoms with Crippen LogP contribution in [0, 0.1) is 5.92 Å². The van der Waals surface area contributed by atoms with Crippen molar-refractivity contribution in [2.45, 2.75) is 31.7 Å². The minimum absolute atomic E-state index is 0.216. The van der Waals surface area contributed by atoms with Gasteiger partial charge in [-0.05, 0) is 47.6 Å². The van der Waals surface area contributed by atoms with Gasteiger partial charge in [-0.2, -0.15) is 0 Å². The summed E-state index contributed by atoms with van der Waals surface area (Å²) in [6.45, 7) is 2.19. The Bertz CT molecular complexity index is 807. The molecule has 1 aliphatic heterocycles. The summed E-state index contributed by atoms with van der Waals surface area (Å²) in [7, 11) is 0. The third-order valence-electron chi connectivity index (χ3n) is 5.38. The molecule has 0 radical (unpaired) electrons. The lowest BCUT2D eigenvalue weighted by molar-refractivity contribution is 0.0697. The molecular formula is C21H21NO2. The van der Waals surface area contributed by atoms with E-state index >= 15 is 0 Å². The number of hydrogen-bond donors (Lipinski definition) is 2. The Hall–Kier alpha value is -2.55. The van der Waals surface area contributed by atoms with Crippen LogP contribution in [0.25, 0.3) is 0 Å². The van der Waals surface area contributed by atoms with Crippen LogP contribution >= 0.6 is 0 Å². The zero-order valence-corrected chi connectivity index (χ0v) is 13.7. The van der Waals surface area contributed by atoms with Crippen molar-refractivity contribution in [3.63, 3.8) is 0 Å². The van der Waals surface area contributed by atoms with E-state index in [9.17, 15) is 4.79 Å². The first-order valence-electron chi connectivity index (χ1n) is 8.57. The molecule has 0 saturated heterocycles. The van der Waals surface area contributed by atoms with Crippen molar-refractivity contribution >= 4 is 11.7 Å². The predicted molar refractivity (Wildman–Crippen MR) is 95.6 cm³/mol. The largest absolute Gasteiger partial charge is 0.478 e. The van der Waals surface area contributed by atoms with E-state index in [1.54, 1.807) is 12.1 Å². The molecule has 0 aromatic heterocycles. The molecule has 0 spiro atoms. The van der Waals surface area contributed by atoms with Gasteiger partial charge in [0.15, 0.2) is 0 Å². The monoisotopic (exact) mass is 319 g/mol. The van der Waals surface area contributed by atoms with Crippen LogP contribution in [-0.4, -0.2) is 11.1 Å². The summed E-state index contributed by atoms with van der Waals surface area (Å²) in [4.78, 5) is 11.1. The van der Waals surface area contributed by atoms with Crippen molar-refractivity contribution in [1.82, 2.24) is 0 Å². The number of benzene rings is 2.